The zero-order valence-electron chi connectivity index (χ0n) is 15.2. The molecule has 5 nitrogen and oxygen atoms in total. The summed E-state index contributed by atoms with van der Waals surface area (Å²) in [5.74, 6) is -0.170. The first-order valence-electron chi connectivity index (χ1n) is 8.78. The number of nitrogens with two attached hydrogens (primary N) is 1. The van der Waals surface area contributed by atoms with Crippen molar-refractivity contribution in [3.63, 3.8) is 0 Å². The van der Waals surface area contributed by atoms with Gasteiger partial charge in [-0.2, -0.15) is 5.10 Å². The SMILES string of the molecule is Cc1nn(Cc2ccc(F)cc2F)c2cccc(Oc3cc(CN)ccn3)c12. The van der Waals surface area contributed by atoms with Crippen molar-refractivity contribution in [2.24, 2.45) is 5.73 Å². The van der Waals surface area contributed by atoms with Crippen molar-refractivity contribution >= 4 is 10.9 Å². The molecule has 0 radical (unpaired) electrons. The van der Waals surface area contributed by atoms with Crippen molar-refractivity contribution in [2.45, 2.75) is 20.0 Å². The largest absolute Gasteiger partial charge is 0.438 e. The van der Waals surface area contributed by atoms with Crippen LogP contribution in [0.15, 0.2) is 54.7 Å². The minimum atomic E-state index is -0.606. The van der Waals surface area contributed by atoms with Crippen LogP contribution in [-0.4, -0.2) is 14.8 Å². The Balaban J connectivity index is 1.72. The van der Waals surface area contributed by atoms with Gasteiger partial charge in [0, 0.05) is 30.4 Å². The number of fused-ring (bicyclic) bond motifs is 1. The van der Waals surface area contributed by atoms with Crippen molar-refractivity contribution in [1.82, 2.24) is 14.8 Å². The van der Waals surface area contributed by atoms with Gasteiger partial charge in [-0.1, -0.05) is 12.1 Å². The summed E-state index contributed by atoms with van der Waals surface area (Å²) in [6, 6.07) is 12.7. The number of nitrogens with zero attached hydrogens (tertiary/aromatic N) is 3. The highest BCUT2D eigenvalue weighted by atomic mass is 19.1. The monoisotopic (exact) mass is 380 g/mol. The van der Waals surface area contributed by atoms with Crippen molar-refractivity contribution in [3.8, 4) is 11.6 Å². The molecule has 0 aliphatic carbocycles. The van der Waals surface area contributed by atoms with Gasteiger partial charge in [0.25, 0.3) is 0 Å². The fourth-order valence-corrected chi connectivity index (χ4v) is 3.15. The van der Waals surface area contributed by atoms with E-state index in [1.807, 2.05) is 31.2 Å². The van der Waals surface area contributed by atoms with E-state index in [0.717, 1.165) is 28.2 Å². The Morgan fingerprint density at radius 1 is 1.11 bits per heavy atom. The lowest BCUT2D eigenvalue weighted by Crippen LogP contribution is -2.04. The first kappa shape index (κ1) is 18.1. The van der Waals surface area contributed by atoms with Gasteiger partial charge in [0.15, 0.2) is 0 Å². The quantitative estimate of drug-likeness (QED) is 0.560. The highest BCUT2D eigenvalue weighted by Gasteiger charge is 2.15. The molecule has 0 atom stereocenters. The van der Waals surface area contributed by atoms with Gasteiger partial charge in [-0.25, -0.2) is 13.8 Å². The lowest BCUT2D eigenvalue weighted by atomic mass is 10.2. The lowest BCUT2D eigenvalue weighted by molar-refractivity contribution is 0.467. The zero-order valence-corrected chi connectivity index (χ0v) is 15.2. The van der Waals surface area contributed by atoms with Crippen LogP contribution in [0.2, 0.25) is 0 Å². The van der Waals surface area contributed by atoms with Gasteiger partial charge in [0.1, 0.15) is 17.4 Å². The number of hydrogen-bond donors (Lipinski definition) is 1. The van der Waals surface area contributed by atoms with E-state index in [1.165, 1.54) is 12.1 Å². The second kappa shape index (κ2) is 7.36. The molecule has 0 saturated carbocycles. The molecule has 2 aromatic heterocycles. The summed E-state index contributed by atoms with van der Waals surface area (Å²) in [5, 5.41) is 5.33. The highest BCUT2D eigenvalue weighted by molar-refractivity contribution is 5.88. The Kier molecular flexibility index (Phi) is 4.75. The first-order chi connectivity index (χ1) is 13.5. The lowest BCUT2D eigenvalue weighted by Gasteiger charge is -2.08. The topological polar surface area (TPSA) is 66.0 Å². The molecule has 28 heavy (non-hydrogen) atoms. The third-order valence-electron chi connectivity index (χ3n) is 4.50. The van der Waals surface area contributed by atoms with Crippen LogP contribution in [0.1, 0.15) is 16.8 Å². The molecule has 0 spiro atoms. The van der Waals surface area contributed by atoms with Crippen LogP contribution in [0.3, 0.4) is 0 Å². The van der Waals surface area contributed by atoms with E-state index in [4.69, 9.17) is 10.5 Å². The third-order valence-corrected chi connectivity index (χ3v) is 4.50. The van der Waals surface area contributed by atoms with E-state index >= 15 is 0 Å². The molecular weight excluding hydrogens is 362 g/mol. The van der Waals surface area contributed by atoms with Gasteiger partial charge < -0.3 is 10.5 Å². The van der Waals surface area contributed by atoms with E-state index in [0.29, 0.717) is 23.7 Å². The molecule has 2 N–H and O–H groups in total. The minimum Gasteiger partial charge on any atom is -0.438 e. The summed E-state index contributed by atoms with van der Waals surface area (Å²) in [6.45, 7) is 2.43. The summed E-state index contributed by atoms with van der Waals surface area (Å²) in [7, 11) is 0. The summed E-state index contributed by atoms with van der Waals surface area (Å²) >= 11 is 0. The van der Waals surface area contributed by atoms with Gasteiger partial charge in [-0.3, -0.25) is 4.68 Å². The van der Waals surface area contributed by atoms with Crippen LogP contribution in [0, 0.1) is 18.6 Å². The maximum Gasteiger partial charge on any atom is 0.219 e. The molecule has 0 aliphatic heterocycles. The van der Waals surface area contributed by atoms with Gasteiger partial charge in [-0.05, 0) is 36.8 Å². The Morgan fingerprint density at radius 3 is 2.75 bits per heavy atom. The maximum absolute atomic E-state index is 14.1. The number of aryl methyl sites for hydroxylation is 1. The van der Waals surface area contributed by atoms with Crippen LogP contribution >= 0.6 is 0 Å². The molecule has 2 aromatic carbocycles. The number of benzene rings is 2. The van der Waals surface area contributed by atoms with Crippen molar-refractivity contribution < 1.29 is 13.5 Å². The van der Waals surface area contributed by atoms with Crippen LogP contribution in [-0.2, 0) is 13.1 Å². The second-order valence-corrected chi connectivity index (χ2v) is 6.44. The normalized spacial score (nSPS) is 11.1. The van der Waals surface area contributed by atoms with Crippen LogP contribution in [0.4, 0.5) is 8.78 Å². The van der Waals surface area contributed by atoms with E-state index in [2.05, 4.69) is 10.1 Å². The molecular formula is C21H18F2N4O. The zero-order chi connectivity index (χ0) is 19.7. The molecule has 4 rings (SSSR count). The standard InChI is InChI=1S/C21H18F2N4O/c1-13-21-18(27(26-13)12-15-5-6-16(22)10-17(15)23)3-2-4-19(21)28-20-9-14(11-24)7-8-25-20/h2-10H,11-12,24H2,1H3. The van der Waals surface area contributed by atoms with Crippen LogP contribution in [0.5, 0.6) is 11.6 Å². The van der Waals surface area contributed by atoms with Gasteiger partial charge in [0.05, 0.1) is 23.1 Å². The first-order valence-corrected chi connectivity index (χ1v) is 8.78. The highest BCUT2D eigenvalue weighted by Crippen LogP contribution is 2.32. The number of ether oxygens (including phenoxy) is 1. The average Bonchev–Trinajstić information content (AvgIpc) is 3.01. The number of hydrogen-bond acceptors (Lipinski definition) is 4. The minimum absolute atomic E-state index is 0.181. The Labute approximate surface area is 160 Å². The molecule has 2 heterocycles. The van der Waals surface area contributed by atoms with Crippen molar-refractivity contribution in [2.75, 3.05) is 0 Å². The van der Waals surface area contributed by atoms with E-state index in [1.54, 1.807) is 16.9 Å². The molecule has 4 aromatic rings. The van der Waals surface area contributed by atoms with Crippen molar-refractivity contribution in [1.29, 1.82) is 0 Å². The van der Waals surface area contributed by atoms with E-state index < -0.39 is 11.6 Å². The summed E-state index contributed by atoms with van der Waals surface area (Å²) < 4.78 is 34.9. The molecule has 7 heteroatoms. The molecule has 0 unspecified atom stereocenters. The predicted molar refractivity (Wildman–Crippen MR) is 102 cm³/mol. The number of aromatic nitrogens is 3. The molecule has 0 aliphatic rings. The van der Waals surface area contributed by atoms with Crippen LogP contribution < -0.4 is 10.5 Å². The summed E-state index contributed by atoms with van der Waals surface area (Å²) in [4.78, 5) is 4.22. The number of halogens is 2. The van der Waals surface area contributed by atoms with Gasteiger partial charge >= 0.3 is 0 Å². The third kappa shape index (κ3) is 3.44. The molecule has 0 bridgehead atoms. The Morgan fingerprint density at radius 2 is 1.96 bits per heavy atom. The molecule has 0 amide bonds. The van der Waals surface area contributed by atoms with E-state index in [-0.39, 0.29) is 6.54 Å². The second-order valence-electron chi connectivity index (χ2n) is 6.44. The predicted octanol–water partition coefficient (Wildman–Crippen LogP) is 4.32. The van der Waals surface area contributed by atoms with Gasteiger partial charge in [-0.15, -0.1) is 0 Å². The van der Waals surface area contributed by atoms with Crippen LogP contribution in [0.25, 0.3) is 10.9 Å². The average molecular weight is 380 g/mol. The van der Waals surface area contributed by atoms with Gasteiger partial charge in [0.2, 0.25) is 5.88 Å². The number of pyridine rings is 1. The fourth-order valence-electron chi connectivity index (χ4n) is 3.15. The summed E-state index contributed by atoms with van der Waals surface area (Å²) in [5.41, 5.74) is 8.47. The van der Waals surface area contributed by atoms with E-state index in [9.17, 15) is 8.78 Å². The maximum atomic E-state index is 14.1. The number of rotatable bonds is 5. The fraction of sp³-hybridized carbons (Fsp3) is 0.143. The van der Waals surface area contributed by atoms with Crippen molar-refractivity contribution in [3.05, 3.63) is 83.2 Å². The smallest absolute Gasteiger partial charge is 0.219 e. The Bertz CT molecular complexity index is 1160. The molecule has 0 saturated heterocycles. The summed E-state index contributed by atoms with van der Waals surface area (Å²) in [6.07, 6.45) is 1.64. The molecule has 0 fully saturated rings. The molecule has 142 valence electrons. The Hall–Kier alpha value is -3.32.